The lowest BCUT2D eigenvalue weighted by Crippen LogP contribution is -2.06. The van der Waals surface area contributed by atoms with Gasteiger partial charge in [0.25, 0.3) is 0 Å². The first-order chi connectivity index (χ1) is 6.95. The Hall–Kier alpha value is -1.58. The lowest BCUT2D eigenvalue weighted by Gasteiger charge is -2.04. The predicted molar refractivity (Wildman–Crippen MR) is 47.8 cm³/mol. The third kappa shape index (κ3) is 2.94. The molecular formula is C7H4F3N3OP+. The normalized spacial score (nSPS) is 11.8. The minimum Gasteiger partial charge on any atom is -0.166 e. The summed E-state index contributed by atoms with van der Waals surface area (Å²) >= 11 is 0. The fourth-order valence-corrected chi connectivity index (χ4v) is 1.45. The van der Waals surface area contributed by atoms with Gasteiger partial charge in [0, 0.05) is 10.4 Å². The highest BCUT2D eigenvalue weighted by atomic mass is 31.1. The van der Waals surface area contributed by atoms with Gasteiger partial charge in [0.05, 0.1) is 5.56 Å². The fourth-order valence-electron chi connectivity index (χ4n) is 0.866. The average Bonchev–Trinajstić information content (AvgIpc) is 2.17. The Bertz CT molecular complexity index is 422. The van der Waals surface area contributed by atoms with Crippen LogP contribution in [-0.4, -0.2) is 0 Å². The average molecular weight is 234 g/mol. The maximum atomic E-state index is 12.1. The predicted octanol–water partition coefficient (Wildman–Crippen LogP) is 3.38. The van der Waals surface area contributed by atoms with Crippen LogP contribution in [0.3, 0.4) is 0 Å². The standard InChI is InChI=1S/C7H4F3N3OP/c8-7(9,10)5-1-3-6(4-2-5)15(14)13-12-11/h1-4H/q+1. The number of benzene rings is 1. The number of alkyl halides is 3. The van der Waals surface area contributed by atoms with Crippen LogP contribution in [0.15, 0.2) is 29.2 Å². The first kappa shape index (κ1) is 11.5. The van der Waals surface area contributed by atoms with E-state index in [9.17, 15) is 17.7 Å². The molecule has 4 nitrogen and oxygen atoms in total. The molecule has 0 bridgehead atoms. The third-order valence-electron chi connectivity index (χ3n) is 1.54. The van der Waals surface area contributed by atoms with Crippen molar-refractivity contribution in [2.45, 2.75) is 6.18 Å². The Labute approximate surface area is 83.2 Å². The molecule has 0 N–H and O–H groups in total. The van der Waals surface area contributed by atoms with Crippen LogP contribution >= 0.6 is 7.95 Å². The summed E-state index contributed by atoms with van der Waals surface area (Å²) in [5.74, 6) is 0. The highest BCUT2D eigenvalue weighted by Gasteiger charge is 2.31. The molecule has 0 saturated carbocycles. The molecule has 8 heteroatoms. The van der Waals surface area contributed by atoms with Gasteiger partial charge in [0.2, 0.25) is 5.30 Å². The molecule has 0 saturated heterocycles. The number of halogens is 3. The quantitative estimate of drug-likeness (QED) is 0.334. The van der Waals surface area contributed by atoms with Crippen LogP contribution in [-0.2, 0) is 10.7 Å². The van der Waals surface area contributed by atoms with E-state index in [4.69, 9.17) is 5.53 Å². The van der Waals surface area contributed by atoms with Gasteiger partial charge in [0.1, 0.15) is 0 Å². The Morgan fingerprint density at radius 2 is 1.80 bits per heavy atom. The van der Waals surface area contributed by atoms with Gasteiger partial charge in [-0.05, 0) is 24.3 Å². The SMILES string of the molecule is [N-]=[N+]=N[P+](=O)c1ccc(C(F)(F)F)cc1. The second-order valence-corrected chi connectivity index (χ2v) is 3.74. The largest absolute Gasteiger partial charge is 0.499 e. The first-order valence-corrected chi connectivity index (χ1v) is 4.86. The summed E-state index contributed by atoms with van der Waals surface area (Å²) in [5, 5.41) is 0.0656. The smallest absolute Gasteiger partial charge is 0.166 e. The summed E-state index contributed by atoms with van der Waals surface area (Å²) in [7, 11) is -2.33. The van der Waals surface area contributed by atoms with E-state index >= 15 is 0 Å². The van der Waals surface area contributed by atoms with Gasteiger partial charge in [0.15, 0.2) is 4.88 Å². The van der Waals surface area contributed by atoms with Gasteiger partial charge in [-0.2, -0.15) is 13.2 Å². The van der Waals surface area contributed by atoms with Crippen molar-refractivity contribution in [1.29, 1.82) is 0 Å². The molecule has 0 amide bonds. The van der Waals surface area contributed by atoms with Gasteiger partial charge in [-0.15, -0.1) is 0 Å². The topological polar surface area (TPSA) is 65.8 Å². The molecule has 0 aliphatic carbocycles. The van der Waals surface area contributed by atoms with Crippen molar-refractivity contribution in [3.63, 3.8) is 0 Å². The summed E-state index contributed by atoms with van der Waals surface area (Å²) < 4.78 is 47.4. The van der Waals surface area contributed by atoms with Crippen LogP contribution in [0.4, 0.5) is 13.2 Å². The van der Waals surface area contributed by atoms with E-state index in [0.717, 1.165) is 24.3 Å². The Morgan fingerprint density at radius 1 is 1.27 bits per heavy atom. The van der Waals surface area contributed by atoms with Gasteiger partial charge in [-0.3, -0.25) is 0 Å². The number of hydrogen-bond donors (Lipinski definition) is 0. The summed E-state index contributed by atoms with van der Waals surface area (Å²) in [6.07, 6.45) is -4.43. The number of azide groups is 1. The Kier molecular flexibility index (Phi) is 3.29. The Balaban J connectivity index is 3.00. The summed E-state index contributed by atoms with van der Waals surface area (Å²) in [6, 6.07) is 3.62. The molecular weight excluding hydrogens is 230 g/mol. The van der Waals surface area contributed by atoms with Gasteiger partial charge < -0.3 is 0 Å². The van der Waals surface area contributed by atoms with Crippen molar-refractivity contribution in [2.75, 3.05) is 0 Å². The molecule has 0 aromatic heterocycles. The molecule has 15 heavy (non-hydrogen) atoms. The molecule has 0 radical (unpaired) electrons. The van der Waals surface area contributed by atoms with E-state index in [-0.39, 0.29) is 5.30 Å². The molecule has 0 fully saturated rings. The monoisotopic (exact) mass is 234 g/mol. The first-order valence-electron chi connectivity index (χ1n) is 3.64. The number of hydrogen-bond acceptors (Lipinski definition) is 1. The molecule has 1 rings (SSSR count). The zero-order chi connectivity index (χ0) is 11.5. The number of nitrogens with zero attached hydrogens (tertiary/aromatic N) is 3. The maximum absolute atomic E-state index is 12.1. The minimum atomic E-state index is -4.43. The van der Waals surface area contributed by atoms with Gasteiger partial charge in [-0.25, -0.2) is 0 Å². The van der Waals surface area contributed by atoms with Crippen molar-refractivity contribution < 1.29 is 17.7 Å². The fraction of sp³-hybridized carbons (Fsp3) is 0.143. The molecule has 0 aliphatic heterocycles. The van der Waals surface area contributed by atoms with Gasteiger partial charge in [-0.1, -0.05) is 4.57 Å². The van der Waals surface area contributed by atoms with Crippen molar-refractivity contribution >= 4 is 13.3 Å². The second-order valence-electron chi connectivity index (χ2n) is 2.50. The lowest BCUT2D eigenvalue weighted by molar-refractivity contribution is -0.137. The second kappa shape index (κ2) is 4.29. The van der Waals surface area contributed by atoms with E-state index in [1.54, 1.807) is 0 Å². The maximum Gasteiger partial charge on any atom is 0.499 e. The van der Waals surface area contributed by atoms with Crippen molar-refractivity contribution in [3.05, 3.63) is 40.3 Å². The Morgan fingerprint density at radius 3 is 2.20 bits per heavy atom. The molecule has 1 atom stereocenters. The van der Waals surface area contributed by atoms with E-state index in [0.29, 0.717) is 0 Å². The van der Waals surface area contributed by atoms with E-state index < -0.39 is 19.7 Å². The molecule has 1 aromatic rings. The van der Waals surface area contributed by atoms with Crippen LogP contribution in [0, 0.1) is 0 Å². The molecule has 0 spiro atoms. The minimum absolute atomic E-state index is 0.0656. The van der Waals surface area contributed by atoms with Crippen molar-refractivity contribution in [2.24, 2.45) is 4.88 Å². The van der Waals surface area contributed by atoms with E-state index in [1.807, 2.05) is 0 Å². The van der Waals surface area contributed by atoms with Gasteiger partial charge >= 0.3 is 14.1 Å². The molecule has 78 valence electrons. The summed E-state index contributed by atoms with van der Waals surface area (Å²) in [5.41, 5.74) is 7.14. The zero-order valence-corrected chi connectivity index (χ0v) is 8.03. The highest BCUT2D eigenvalue weighted by molar-refractivity contribution is 7.51. The molecule has 1 unspecified atom stereocenters. The highest BCUT2D eigenvalue weighted by Crippen LogP contribution is 2.30. The molecule has 1 aromatic carbocycles. The van der Waals surface area contributed by atoms with Crippen molar-refractivity contribution in [3.8, 4) is 0 Å². The lowest BCUT2D eigenvalue weighted by atomic mass is 10.2. The van der Waals surface area contributed by atoms with Crippen LogP contribution in [0.25, 0.3) is 10.4 Å². The molecule has 0 heterocycles. The summed E-state index contributed by atoms with van der Waals surface area (Å²) in [6.45, 7) is 0. The third-order valence-corrected chi connectivity index (χ3v) is 2.52. The van der Waals surface area contributed by atoms with Crippen LogP contribution < -0.4 is 5.30 Å². The van der Waals surface area contributed by atoms with Crippen molar-refractivity contribution in [1.82, 2.24) is 0 Å². The van der Waals surface area contributed by atoms with Crippen LogP contribution in [0.1, 0.15) is 5.56 Å². The molecule has 0 aliphatic rings. The van der Waals surface area contributed by atoms with E-state index in [2.05, 4.69) is 9.80 Å². The zero-order valence-electron chi connectivity index (χ0n) is 7.14. The van der Waals surface area contributed by atoms with Crippen LogP contribution in [0.2, 0.25) is 0 Å². The van der Waals surface area contributed by atoms with E-state index in [1.165, 1.54) is 0 Å². The van der Waals surface area contributed by atoms with Crippen LogP contribution in [0.5, 0.6) is 0 Å². The number of rotatable bonds is 2. The summed E-state index contributed by atoms with van der Waals surface area (Å²) in [4.78, 5) is 5.20.